The van der Waals surface area contributed by atoms with Crippen molar-refractivity contribution in [2.45, 2.75) is 44.4 Å². The number of nitrogens with one attached hydrogen (secondary N) is 1. The van der Waals surface area contributed by atoms with Gasteiger partial charge in [0, 0.05) is 11.3 Å². The third-order valence-electron chi connectivity index (χ3n) is 5.19. The minimum absolute atomic E-state index is 0.217. The Bertz CT molecular complexity index is 329. The Kier molecular flexibility index (Phi) is 1.10. The molecule has 6 atom stereocenters. The monoisotopic (exact) mass is 193 g/mol. The molecule has 0 aromatic heterocycles. The fourth-order valence-electron chi connectivity index (χ4n) is 4.30. The minimum atomic E-state index is 0.217. The van der Waals surface area contributed by atoms with Crippen molar-refractivity contribution in [3.8, 4) is 0 Å². The molecule has 2 aliphatic heterocycles. The first-order valence-corrected chi connectivity index (χ1v) is 5.67. The van der Waals surface area contributed by atoms with E-state index in [1.807, 2.05) is 0 Å². The van der Waals surface area contributed by atoms with Crippen molar-refractivity contribution < 1.29 is 9.53 Å². The Morgan fingerprint density at radius 2 is 2.36 bits per heavy atom. The molecule has 2 aliphatic carbocycles. The molecule has 2 saturated carbocycles. The van der Waals surface area contributed by atoms with Gasteiger partial charge < -0.3 is 10.1 Å². The lowest BCUT2D eigenvalue weighted by Gasteiger charge is -2.38. The van der Waals surface area contributed by atoms with Gasteiger partial charge in [0.1, 0.15) is 6.10 Å². The molecule has 3 heteroatoms. The maximum Gasteiger partial charge on any atom is 0.224 e. The average molecular weight is 193 g/mol. The van der Waals surface area contributed by atoms with Gasteiger partial charge in [-0.05, 0) is 25.2 Å². The van der Waals surface area contributed by atoms with Crippen LogP contribution in [-0.4, -0.2) is 24.2 Å². The first-order chi connectivity index (χ1) is 6.71. The zero-order valence-electron chi connectivity index (χ0n) is 8.32. The van der Waals surface area contributed by atoms with E-state index in [0.717, 1.165) is 12.3 Å². The van der Waals surface area contributed by atoms with E-state index in [2.05, 4.69) is 12.2 Å². The van der Waals surface area contributed by atoms with Gasteiger partial charge in [0.05, 0.1) is 12.1 Å². The van der Waals surface area contributed by atoms with Gasteiger partial charge in [0.2, 0.25) is 5.91 Å². The maximum absolute atomic E-state index is 11.8. The zero-order valence-corrected chi connectivity index (χ0v) is 8.32. The van der Waals surface area contributed by atoms with Crippen molar-refractivity contribution >= 4 is 5.91 Å². The molecular formula is C11H15NO2. The van der Waals surface area contributed by atoms with E-state index >= 15 is 0 Å². The maximum atomic E-state index is 11.8. The van der Waals surface area contributed by atoms with Crippen LogP contribution in [0.3, 0.4) is 0 Å². The van der Waals surface area contributed by atoms with E-state index in [1.54, 1.807) is 0 Å². The standard InChI is InChI=1S/C11H15NO2/c1-11-5-2-3-6(11)10(13)12-9(11)8-7(4-5)14-8/h5-9H,2-4H2,1H3,(H,12,13)/t5-,6+,7-,8-,9+,11+/m0/s1. The van der Waals surface area contributed by atoms with Crippen LogP contribution in [0.5, 0.6) is 0 Å². The number of carbonyl (C=O) groups is 1. The van der Waals surface area contributed by atoms with Crippen LogP contribution in [-0.2, 0) is 9.53 Å². The van der Waals surface area contributed by atoms with Gasteiger partial charge in [0.25, 0.3) is 0 Å². The Labute approximate surface area is 83.2 Å². The number of fused-ring (bicyclic) bond motifs is 2. The van der Waals surface area contributed by atoms with Gasteiger partial charge in [-0.2, -0.15) is 0 Å². The summed E-state index contributed by atoms with van der Waals surface area (Å²) in [5.41, 5.74) is 0.217. The highest BCUT2D eigenvalue weighted by Gasteiger charge is 2.69. The quantitative estimate of drug-likeness (QED) is 0.575. The number of rotatable bonds is 0. The first kappa shape index (κ1) is 7.69. The van der Waals surface area contributed by atoms with Crippen molar-refractivity contribution in [1.82, 2.24) is 5.32 Å². The lowest BCUT2D eigenvalue weighted by molar-refractivity contribution is -0.123. The molecule has 4 rings (SSSR count). The van der Waals surface area contributed by atoms with Crippen molar-refractivity contribution in [1.29, 1.82) is 0 Å². The average Bonchev–Trinajstić information content (AvgIpc) is 2.76. The molecule has 0 spiro atoms. The predicted molar refractivity (Wildman–Crippen MR) is 49.5 cm³/mol. The van der Waals surface area contributed by atoms with Crippen molar-refractivity contribution in [3.05, 3.63) is 0 Å². The number of epoxide rings is 1. The van der Waals surface area contributed by atoms with Crippen LogP contribution in [0.4, 0.5) is 0 Å². The molecule has 0 aromatic rings. The van der Waals surface area contributed by atoms with E-state index in [0.29, 0.717) is 18.2 Å². The second-order valence-corrected chi connectivity index (χ2v) is 5.55. The van der Waals surface area contributed by atoms with E-state index in [1.165, 1.54) is 12.8 Å². The molecule has 0 radical (unpaired) electrons. The summed E-state index contributed by atoms with van der Waals surface area (Å²) in [6.45, 7) is 2.30. The van der Waals surface area contributed by atoms with E-state index in [9.17, 15) is 4.79 Å². The highest BCUT2D eigenvalue weighted by Crippen LogP contribution is 2.62. The fourth-order valence-corrected chi connectivity index (χ4v) is 4.30. The van der Waals surface area contributed by atoms with Crippen molar-refractivity contribution in [3.63, 3.8) is 0 Å². The third kappa shape index (κ3) is 0.630. The van der Waals surface area contributed by atoms with Crippen LogP contribution in [0.2, 0.25) is 0 Å². The summed E-state index contributed by atoms with van der Waals surface area (Å²) >= 11 is 0. The fraction of sp³-hybridized carbons (Fsp3) is 0.909. The summed E-state index contributed by atoms with van der Waals surface area (Å²) < 4.78 is 5.64. The summed E-state index contributed by atoms with van der Waals surface area (Å²) in [7, 11) is 0. The van der Waals surface area contributed by atoms with Crippen LogP contribution in [0.1, 0.15) is 26.2 Å². The van der Waals surface area contributed by atoms with Crippen molar-refractivity contribution in [2.75, 3.05) is 0 Å². The molecule has 2 saturated heterocycles. The third-order valence-corrected chi connectivity index (χ3v) is 5.19. The molecule has 4 fully saturated rings. The Hall–Kier alpha value is -0.570. The highest BCUT2D eigenvalue weighted by atomic mass is 16.6. The van der Waals surface area contributed by atoms with Crippen LogP contribution in [0.15, 0.2) is 0 Å². The number of amides is 1. The molecular weight excluding hydrogens is 178 g/mol. The van der Waals surface area contributed by atoms with Gasteiger partial charge in [0.15, 0.2) is 0 Å². The summed E-state index contributed by atoms with van der Waals surface area (Å²) in [5.74, 6) is 1.29. The second-order valence-electron chi connectivity index (χ2n) is 5.55. The first-order valence-electron chi connectivity index (χ1n) is 5.67. The molecule has 4 aliphatic rings. The summed E-state index contributed by atoms with van der Waals surface area (Å²) in [4.78, 5) is 11.8. The van der Waals surface area contributed by atoms with Gasteiger partial charge in [-0.25, -0.2) is 0 Å². The van der Waals surface area contributed by atoms with Gasteiger partial charge in [-0.1, -0.05) is 6.92 Å². The van der Waals surface area contributed by atoms with Gasteiger partial charge in [-0.3, -0.25) is 4.79 Å². The second kappa shape index (κ2) is 2.01. The number of carbonyl (C=O) groups excluding carboxylic acids is 1. The Morgan fingerprint density at radius 3 is 3.21 bits per heavy atom. The van der Waals surface area contributed by atoms with Gasteiger partial charge >= 0.3 is 0 Å². The highest BCUT2D eigenvalue weighted by molar-refractivity contribution is 5.83. The number of hydrogen-bond donors (Lipinski definition) is 1. The van der Waals surface area contributed by atoms with E-state index < -0.39 is 0 Å². The minimum Gasteiger partial charge on any atom is -0.367 e. The molecule has 0 aromatic carbocycles. The van der Waals surface area contributed by atoms with Gasteiger partial charge in [-0.15, -0.1) is 0 Å². The SMILES string of the molecule is C[C@@]12[C@H]3CC[C@@H]1C(=O)N[C@@H]2[C@H]1O[C@H]1C3. The number of ether oxygens (including phenoxy) is 1. The van der Waals surface area contributed by atoms with Crippen LogP contribution >= 0.6 is 0 Å². The molecule has 0 bridgehead atoms. The summed E-state index contributed by atoms with van der Waals surface area (Å²) in [6.07, 6.45) is 4.35. The molecule has 0 unspecified atom stereocenters. The molecule has 76 valence electrons. The Balaban J connectivity index is 1.84. The lowest BCUT2D eigenvalue weighted by atomic mass is 9.65. The molecule has 2 heterocycles. The molecule has 14 heavy (non-hydrogen) atoms. The predicted octanol–water partition coefficient (Wildman–Crippen LogP) is 0.688. The largest absolute Gasteiger partial charge is 0.367 e. The normalized spacial score (nSPS) is 63.2. The smallest absolute Gasteiger partial charge is 0.224 e. The number of hydrogen-bond acceptors (Lipinski definition) is 2. The zero-order chi connectivity index (χ0) is 9.50. The van der Waals surface area contributed by atoms with E-state index in [4.69, 9.17) is 4.74 Å². The summed E-state index contributed by atoms with van der Waals surface area (Å²) in [6, 6.07) is 0.325. The molecule has 3 nitrogen and oxygen atoms in total. The van der Waals surface area contributed by atoms with Crippen LogP contribution in [0, 0.1) is 17.3 Å². The van der Waals surface area contributed by atoms with Crippen molar-refractivity contribution in [2.24, 2.45) is 17.3 Å². The Morgan fingerprint density at radius 1 is 1.50 bits per heavy atom. The van der Waals surface area contributed by atoms with E-state index in [-0.39, 0.29) is 17.2 Å². The molecule has 1 N–H and O–H groups in total. The lowest BCUT2D eigenvalue weighted by Crippen LogP contribution is -2.48. The van der Waals surface area contributed by atoms with Crippen LogP contribution in [0.25, 0.3) is 0 Å². The summed E-state index contributed by atoms with van der Waals surface area (Å²) in [5, 5.41) is 3.16. The molecule has 1 amide bonds. The van der Waals surface area contributed by atoms with Crippen LogP contribution < -0.4 is 5.32 Å². The topological polar surface area (TPSA) is 41.6 Å².